The van der Waals surface area contributed by atoms with Gasteiger partial charge in [-0.05, 0) is 86.0 Å². The second-order valence-corrected chi connectivity index (χ2v) is 10.2. The van der Waals surface area contributed by atoms with Crippen LogP contribution in [0.3, 0.4) is 0 Å². The van der Waals surface area contributed by atoms with Crippen LogP contribution in [0, 0.1) is 23.4 Å². The molecule has 2 aliphatic rings. The Bertz CT molecular complexity index is 945. The van der Waals surface area contributed by atoms with E-state index in [1.165, 1.54) is 6.07 Å². The quantitative estimate of drug-likeness (QED) is 0.384. The summed E-state index contributed by atoms with van der Waals surface area (Å²) < 4.78 is 55.7. The zero-order chi connectivity index (χ0) is 24.1. The first-order chi connectivity index (χ1) is 16.5. The molecule has 0 aliphatic heterocycles. The highest BCUT2D eigenvalue weighted by Crippen LogP contribution is 2.40. The standard InChI is InChI=1S/C29H37F3O2/c1-3-33-17-20-6-9-23(27(30)16-20)18-34-24-12-10-22(11-13-24)26-15-14-25(28(31)29(26)32)21-7-4-19(2)5-8-21/h6,9,14-16,19,21-22,24H,3-5,7-8,10-13,17-18H2,1-2H3. The minimum atomic E-state index is -0.658. The van der Waals surface area contributed by atoms with Crippen molar-refractivity contribution in [2.45, 2.75) is 96.4 Å². The lowest BCUT2D eigenvalue weighted by molar-refractivity contribution is 0.0118. The number of ether oxygens (including phenoxy) is 2. The van der Waals surface area contributed by atoms with Crippen LogP contribution >= 0.6 is 0 Å². The van der Waals surface area contributed by atoms with Crippen LogP contribution < -0.4 is 0 Å². The summed E-state index contributed by atoms with van der Waals surface area (Å²) >= 11 is 0. The third-order valence-corrected chi connectivity index (χ3v) is 7.78. The number of hydrogen-bond donors (Lipinski definition) is 0. The summed E-state index contributed by atoms with van der Waals surface area (Å²) in [5, 5.41) is 0. The molecular weight excluding hydrogens is 437 g/mol. The molecule has 2 saturated carbocycles. The molecule has 2 fully saturated rings. The van der Waals surface area contributed by atoms with E-state index in [0.29, 0.717) is 35.8 Å². The van der Waals surface area contributed by atoms with E-state index < -0.39 is 11.6 Å². The summed E-state index contributed by atoms with van der Waals surface area (Å²) in [6.07, 6.45) is 7.07. The number of halogens is 3. The van der Waals surface area contributed by atoms with E-state index in [1.54, 1.807) is 6.07 Å². The van der Waals surface area contributed by atoms with Crippen LogP contribution in [0.15, 0.2) is 30.3 Å². The Hall–Kier alpha value is -1.85. The highest BCUT2D eigenvalue weighted by molar-refractivity contribution is 5.32. The van der Waals surface area contributed by atoms with Crippen molar-refractivity contribution in [3.8, 4) is 0 Å². The average molecular weight is 475 g/mol. The maximum absolute atomic E-state index is 15.0. The molecule has 5 heteroatoms. The third kappa shape index (κ3) is 6.04. The minimum absolute atomic E-state index is 0.00404. The van der Waals surface area contributed by atoms with Gasteiger partial charge in [-0.25, -0.2) is 13.2 Å². The molecule has 0 saturated heterocycles. The topological polar surface area (TPSA) is 18.5 Å². The first kappa shape index (κ1) is 25.2. The van der Waals surface area contributed by atoms with Gasteiger partial charge in [0.2, 0.25) is 0 Å². The van der Waals surface area contributed by atoms with E-state index in [2.05, 4.69) is 6.92 Å². The number of benzene rings is 2. The van der Waals surface area contributed by atoms with Crippen molar-refractivity contribution in [2.75, 3.05) is 6.61 Å². The summed E-state index contributed by atoms with van der Waals surface area (Å²) in [5.74, 6) is -0.761. The Balaban J connectivity index is 1.30. The number of rotatable bonds is 8. The van der Waals surface area contributed by atoms with Crippen LogP contribution in [0.1, 0.15) is 99.3 Å². The van der Waals surface area contributed by atoms with Crippen molar-refractivity contribution in [2.24, 2.45) is 5.92 Å². The average Bonchev–Trinajstić information content (AvgIpc) is 2.85. The van der Waals surface area contributed by atoms with Crippen LogP contribution in [0.4, 0.5) is 13.2 Å². The van der Waals surface area contributed by atoms with Crippen molar-refractivity contribution < 1.29 is 22.6 Å². The monoisotopic (exact) mass is 474 g/mol. The van der Waals surface area contributed by atoms with Gasteiger partial charge in [-0.3, -0.25) is 0 Å². The van der Waals surface area contributed by atoms with Crippen molar-refractivity contribution >= 4 is 0 Å². The molecule has 0 amide bonds. The minimum Gasteiger partial charge on any atom is -0.377 e. The molecule has 186 valence electrons. The van der Waals surface area contributed by atoms with E-state index in [4.69, 9.17) is 9.47 Å². The molecule has 2 nitrogen and oxygen atoms in total. The maximum Gasteiger partial charge on any atom is 0.162 e. The maximum atomic E-state index is 15.0. The molecule has 0 radical (unpaired) electrons. The zero-order valence-electron chi connectivity index (χ0n) is 20.4. The van der Waals surface area contributed by atoms with Gasteiger partial charge in [0.15, 0.2) is 11.6 Å². The van der Waals surface area contributed by atoms with Crippen LogP contribution in [0.25, 0.3) is 0 Å². The normalized spacial score (nSPS) is 25.4. The summed E-state index contributed by atoms with van der Waals surface area (Å²) in [6, 6.07) is 8.76. The largest absolute Gasteiger partial charge is 0.377 e. The lowest BCUT2D eigenvalue weighted by Gasteiger charge is -2.30. The van der Waals surface area contributed by atoms with Gasteiger partial charge in [-0.15, -0.1) is 0 Å². The molecule has 4 rings (SSSR count). The highest BCUT2D eigenvalue weighted by atomic mass is 19.2. The van der Waals surface area contributed by atoms with Crippen molar-refractivity contribution in [3.63, 3.8) is 0 Å². The van der Waals surface area contributed by atoms with Crippen molar-refractivity contribution in [3.05, 3.63) is 70.0 Å². The highest BCUT2D eigenvalue weighted by Gasteiger charge is 2.29. The van der Waals surface area contributed by atoms with Crippen LogP contribution in [0.2, 0.25) is 0 Å². The number of hydrogen-bond acceptors (Lipinski definition) is 2. The third-order valence-electron chi connectivity index (χ3n) is 7.78. The molecule has 0 unspecified atom stereocenters. The fourth-order valence-corrected chi connectivity index (χ4v) is 5.55. The molecule has 0 bridgehead atoms. The van der Waals surface area contributed by atoms with Crippen LogP contribution in [-0.4, -0.2) is 12.7 Å². The first-order valence-electron chi connectivity index (χ1n) is 12.9. The SMILES string of the molecule is CCOCc1ccc(COC2CCC(c3ccc(C4CCC(C)CC4)c(F)c3F)CC2)c(F)c1. The molecule has 0 N–H and O–H groups in total. The fraction of sp³-hybridized carbons (Fsp3) is 0.586. The lowest BCUT2D eigenvalue weighted by atomic mass is 9.77. The molecule has 0 spiro atoms. The van der Waals surface area contributed by atoms with E-state index in [0.717, 1.165) is 56.9 Å². The molecule has 0 aromatic heterocycles. The van der Waals surface area contributed by atoms with Gasteiger partial charge < -0.3 is 9.47 Å². The molecule has 2 aromatic rings. The molecule has 2 aromatic carbocycles. The van der Waals surface area contributed by atoms with Gasteiger partial charge in [0.25, 0.3) is 0 Å². The molecule has 0 heterocycles. The van der Waals surface area contributed by atoms with Crippen molar-refractivity contribution in [1.82, 2.24) is 0 Å². The smallest absolute Gasteiger partial charge is 0.162 e. The second-order valence-electron chi connectivity index (χ2n) is 10.2. The lowest BCUT2D eigenvalue weighted by Crippen LogP contribution is -2.22. The van der Waals surface area contributed by atoms with Crippen LogP contribution in [-0.2, 0) is 22.7 Å². The summed E-state index contributed by atoms with van der Waals surface area (Å²) in [6.45, 7) is 5.34. The van der Waals surface area contributed by atoms with E-state index in [-0.39, 0.29) is 30.4 Å². The Morgan fingerprint density at radius 3 is 1.91 bits per heavy atom. The summed E-state index contributed by atoms with van der Waals surface area (Å²) in [5.41, 5.74) is 2.39. The van der Waals surface area contributed by atoms with E-state index in [1.807, 2.05) is 25.1 Å². The Kier molecular flexibility index (Phi) is 8.70. The molecular formula is C29H37F3O2. The van der Waals surface area contributed by atoms with Gasteiger partial charge in [-0.2, -0.15) is 0 Å². The molecule has 2 aliphatic carbocycles. The summed E-state index contributed by atoms with van der Waals surface area (Å²) in [4.78, 5) is 0. The first-order valence-corrected chi connectivity index (χ1v) is 12.9. The van der Waals surface area contributed by atoms with Gasteiger partial charge in [0.05, 0.1) is 19.3 Å². The predicted molar refractivity (Wildman–Crippen MR) is 128 cm³/mol. The Morgan fingerprint density at radius 1 is 0.765 bits per heavy atom. The van der Waals surface area contributed by atoms with Gasteiger partial charge >= 0.3 is 0 Å². The van der Waals surface area contributed by atoms with Crippen molar-refractivity contribution in [1.29, 1.82) is 0 Å². The van der Waals surface area contributed by atoms with Crippen LogP contribution in [0.5, 0.6) is 0 Å². The molecule has 0 atom stereocenters. The second kappa shape index (κ2) is 11.7. The van der Waals surface area contributed by atoms with E-state index in [9.17, 15) is 8.78 Å². The van der Waals surface area contributed by atoms with Gasteiger partial charge in [-0.1, -0.05) is 44.0 Å². The Labute approximate surface area is 201 Å². The fourth-order valence-electron chi connectivity index (χ4n) is 5.55. The zero-order valence-corrected chi connectivity index (χ0v) is 20.4. The molecule has 34 heavy (non-hydrogen) atoms. The Morgan fingerprint density at radius 2 is 1.35 bits per heavy atom. The predicted octanol–water partition coefficient (Wildman–Crippen LogP) is 8.18. The van der Waals surface area contributed by atoms with Gasteiger partial charge in [0, 0.05) is 12.2 Å². The summed E-state index contributed by atoms with van der Waals surface area (Å²) in [7, 11) is 0. The van der Waals surface area contributed by atoms with E-state index >= 15 is 4.39 Å². The van der Waals surface area contributed by atoms with Gasteiger partial charge in [0.1, 0.15) is 5.82 Å².